The summed E-state index contributed by atoms with van der Waals surface area (Å²) in [6, 6.07) is 17.1. The summed E-state index contributed by atoms with van der Waals surface area (Å²) >= 11 is 0. The molecule has 0 atom stereocenters. The third-order valence-corrected chi connectivity index (χ3v) is 5.28. The van der Waals surface area contributed by atoms with Gasteiger partial charge in [0, 0.05) is 36.0 Å². The van der Waals surface area contributed by atoms with Crippen LogP contribution in [0.25, 0.3) is 27.7 Å². The van der Waals surface area contributed by atoms with E-state index >= 15 is 0 Å². The van der Waals surface area contributed by atoms with Gasteiger partial charge in [-0.05, 0) is 66.8 Å². The molecule has 0 aliphatic rings. The molecule has 0 bridgehead atoms. The summed E-state index contributed by atoms with van der Waals surface area (Å²) in [5.41, 5.74) is 10.9. The lowest BCUT2D eigenvalue weighted by molar-refractivity contribution is 0.873. The lowest BCUT2D eigenvalue weighted by Gasteiger charge is -2.07. The highest BCUT2D eigenvalue weighted by atomic mass is 16.1. The van der Waals surface area contributed by atoms with Crippen LogP contribution in [0.15, 0.2) is 71.8 Å². The van der Waals surface area contributed by atoms with Gasteiger partial charge in [0.15, 0.2) is 0 Å². The Kier molecular flexibility index (Phi) is 4.30. The van der Waals surface area contributed by atoms with Gasteiger partial charge in [-0.2, -0.15) is 0 Å². The lowest BCUT2D eigenvalue weighted by Crippen LogP contribution is -2.15. The molecule has 0 radical (unpaired) electrons. The summed E-state index contributed by atoms with van der Waals surface area (Å²) in [4.78, 5) is 21.4. The molecule has 1 aromatic carbocycles. The van der Waals surface area contributed by atoms with Gasteiger partial charge in [0.25, 0.3) is 5.56 Å². The van der Waals surface area contributed by atoms with Crippen molar-refractivity contribution in [3.8, 4) is 23.1 Å². The average Bonchev–Trinajstić information content (AvgIpc) is 3.10. The molecule has 0 spiro atoms. The molecule has 0 saturated heterocycles. The molecule has 0 unspecified atom stereocenters. The molecular weight excluding hydrogens is 386 g/mol. The molecule has 4 aromatic heterocycles. The third kappa shape index (κ3) is 3.22. The summed E-state index contributed by atoms with van der Waals surface area (Å²) in [7, 11) is 1.74. The number of hydrogen-bond donors (Lipinski definition) is 1. The number of aryl methyl sites for hydroxylation is 2. The number of hydrogen-bond acceptors (Lipinski definition) is 4. The number of rotatable bonds is 1. The number of nitrogens with two attached hydrogens (primary N) is 1. The molecule has 0 saturated carbocycles. The number of benzene rings is 1. The number of pyridine rings is 3. The Bertz CT molecular complexity index is 1600. The SMILES string of the molecule is Cc1nc2ccccn2c1-c1ccc(N)nc1C#Cc1ccc2c(=O)n(C)ccc2c1. The highest BCUT2D eigenvalue weighted by molar-refractivity contribution is 5.83. The van der Waals surface area contributed by atoms with E-state index in [9.17, 15) is 4.79 Å². The van der Waals surface area contributed by atoms with E-state index in [2.05, 4.69) is 21.8 Å². The fourth-order valence-corrected chi connectivity index (χ4v) is 3.75. The number of fused-ring (bicyclic) bond motifs is 2. The summed E-state index contributed by atoms with van der Waals surface area (Å²) in [5, 5.41) is 1.52. The molecule has 5 aromatic rings. The number of nitrogens with zero attached hydrogens (tertiary/aromatic N) is 4. The average molecular weight is 405 g/mol. The fourth-order valence-electron chi connectivity index (χ4n) is 3.75. The molecule has 0 fully saturated rings. The smallest absolute Gasteiger partial charge is 0.258 e. The Morgan fingerprint density at radius 3 is 2.71 bits per heavy atom. The molecule has 0 amide bonds. The van der Waals surface area contributed by atoms with E-state index in [0.29, 0.717) is 16.9 Å². The van der Waals surface area contributed by atoms with Crippen LogP contribution in [0.2, 0.25) is 0 Å². The van der Waals surface area contributed by atoms with E-state index in [1.807, 2.05) is 66.1 Å². The van der Waals surface area contributed by atoms with Crippen LogP contribution in [0.5, 0.6) is 0 Å². The Morgan fingerprint density at radius 1 is 0.968 bits per heavy atom. The standard InChI is InChI=1S/C25H19N5O/c1-16-24(30-13-4-3-5-23(30)27-16)20-9-11-22(26)28-21(20)10-7-17-6-8-19-18(15-17)12-14-29(2)25(19)31/h3-6,8-9,11-15H,1-2H3,(H2,26,28). The van der Waals surface area contributed by atoms with E-state index in [-0.39, 0.29) is 5.56 Å². The van der Waals surface area contributed by atoms with Crippen molar-refractivity contribution in [1.29, 1.82) is 0 Å². The van der Waals surface area contributed by atoms with Crippen molar-refractivity contribution in [2.45, 2.75) is 6.92 Å². The van der Waals surface area contributed by atoms with E-state index in [1.54, 1.807) is 23.9 Å². The molecule has 150 valence electrons. The zero-order valence-electron chi connectivity index (χ0n) is 17.1. The van der Waals surface area contributed by atoms with Crippen LogP contribution >= 0.6 is 0 Å². The van der Waals surface area contributed by atoms with Crippen LogP contribution < -0.4 is 11.3 Å². The third-order valence-electron chi connectivity index (χ3n) is 5.28. The van der Waals surface area contributed by atoms with E-state index in [1.165, 1.54) is 0 Å². The normalized spacial score (nSPS) is 10.9. The first-order chi connectivity index (χ1) is 15.0. The van der Waals surface area contributed by atoms with Gasteiger partial charge in [-0.1, -0.05) is 12.0 Å². The lowest BCUT2D eigenvalue weighted by atomic mass is 10.1. The summed E-state index contributed by atoms with van der Waals surface area (Å²) in [5.74, 6) is 6.76. The van der Waals surface area contributed by atoms with Crippen molar-refractivity contribution >= 4 is 22.2 Å². The van der Waals surface area contributed by atoms with Gasteiger partial charge in [-0.25, -0.2) is 9.97 Å². The van der Waals surface area contributed by atoms with Gasteiger partial charge < -0.3 is 10.3 Å². The molecule has 6 heteroatoms. The minimum Gasteiger partial charge on any atom is -0.384 e. The summed E-state index contributed by atoms with van der Waals surface area (Å²) in [6.45, 7) is 1.97. The van der Waals surface area contributed by atoms with Crippen molar-refractivity contribution in [1.82, 2.24) is 18.9 Å². The molecule has 0 aliphatic carbocycles. The quantitative estimate of drug-likeness (QED) is 0.433. The van der Waals surface area contributed by atoms with Gasteiger partial charge in [0.2, 0.25) is 0 Å². The monoisotopic (exact) mass is 405 g/mol. The largest absolute Gasteiger partial charge is 0.384 e. The van der Waals surface area contributed by atoms with Crippen molar-refractivity contribution in [3.05, 3.63) is 94.3 Å². The maximum Gasteiger partial charge on any atom is 0.258 e. The second kappa shape index (κ2) is 7.15. The Labute approximate surface area is 178 Å². The van der Waals surface area contributed by atoms with Crippen LogP contribution in [-0.2, 0) is 7.05 Å². The number of imidazole rings is 1. The zero-order chi connectivity index (χ0) is 21.5. The molecule has 4 heterocycles. The Morgan fingerprint density at radius 2 is 1.84 bits per heavy atom. The minimum atomic E-state index is -0.0279. The highest BCUT2D eigenvalue weighted by Gasteiger charge is 2.14. The van der Waals surface area contributed by atoms with Crippen LogP contribution in [0.4, 0.5) is 5.82 Å². The molecule has 6 nitrogen and oxygen atoms in total. The van der Waals surface area contributed by atoms with Crippen molar-refractivity contribution in [3.63, 3.8) is 0 Å². The number of anilines is 1. The van der Waals surface area contributed by atoms with Crippen molar-refractivity contribution in [2.24, 2.45) is 7.05 Å². The second-order valence-electron chi connectivity index (χ2n) is 7.39. The zero-order valence-corrected chi connectivity index (χ0v) is 17.1. The first kappa shape index (κ1) is 18.6. The predicted molar refractivity (Wildman–Crippen MR) is 123 cm³/mol. The van der Waals surface area contributed by atoms with Crippen molar-refractivity contribution in [2.75, 3.05) is 5.73 Å². The van der Waals surface area contributed by atoms with Gasteiger partial charge in [0.05, 0.1) is 11.4 Å². The Balaban J connectivity index is 1.65. The summed E-state index contributed by atoms with van der Waals surface area (Å²) < 4.78 is 3.59. The number of aromatic nitrogens is 4. The Hall–Kier alpha value is -4.37. The van der Waals surface area contributed by atoms with Gasteiger partial charge in [-0.3, -0.25) is 9.20 Å². The predicted octanol–water partition coefficient (Wildman–Crippen LogP) is 3.54. The first-order valence-corrected chi connectivity index (χ1v) is 9.83. The van der Waals surface area contributed by atoms with Gasteiger partial charge in [0.1, 0.15) is 17.2 Å². The molecule has 5 rings (SSSR count). The molecule has 2 N–H and O–H groups in total. The van der Waals surface area contributed by atoms with Crippen molar-refractivity contribution < 1.29 is 0 Å². The topological polar surface area (TPSA) is 78.2 Å². The molecule has 0 aliphatic heterocycles. The fraction of sp³-hybridized carbons (Fsp3) is 0.0800. The summed E-state index contributed by atoms with van der Waals surface area (Å²) in [6.07, 6.45) is 3.73. The molecular formula is C25H19N5O. The van der Waals surface area contributed by atoms with Crippen LogP contribution in [0, 0.1) is 18.8 Å². The maximum atomic E-state index is 12.3. The second-order valence-corrected chi connectivity index (χ2v) is 7.39. The number of nitrogen functional groups attached to an aromatic ring is 1. The minimum absolute atomic E-state index is 0.0279. The van der Waals surface area contributed by atoms with Gasteiger partial charge in [-0.15, -0.1) is 0 Å². The van der Waals surface area contributed by atoms with E-state index in [4.69, 9.17) is 5.73 Å². The maximum absolute atomic E-state index is 12.3. The van der Waals surface area contributed by atoms with Crippen LogP contribution in [0.1, 0.15) is 17.0 Å². The highest BCUT2D eigenvalue weighted by Crippen LogP contribution is 2.27. The van der Waals surface area contributed by atoms with Crippen LogP contribution in [-0.4, -0.2) is 18.9 Å². The van der Waals surface area contributed by atoms with Crippen LogP contribution in [0.3, 0.4) is 0 Å². The van der Waals surface area contributed by atoms with E-state index in [0.717, 1.165) is 33.5 Å². The molecule has 31 heavy (non-hydrogen) atoms. The van der Waals surface area contributed by atoms with E-state index < -0.39 is 0 Å². The first-order valence-electron chi connectivity index (χ1n) is 9.83. The van der Waals surface area contributed by atoms with Gasteiger partial charge >= 0.3 is 0 Å².